The number of hydrogen-bond acceptors (Lipinski definition) is 2. The van der Waals surface area contributed by atoms with Crippen molar-refractivity contribution in [1.29, 1.82) is 5.26 Å². The van der Waals surface area contributed by atoms with E-state index in [0.717, 1.165) is 21.9 Å². The number of imidazole rings is 1. The van der Waals surface area contributed by atoms with E-state index in [0.29, 0.717) is 5.82 Å². The molecule has 0 aliphatic carbocycles. The average molecular weight is 236 g/mol. The second-order valence-electron chi connectivity index (χ2n) is 2.64. The van der Waals surface area contributed by atoms with Crippen LogP contribution in [0.15, 0.2) is 18.2 Å². The fraction of sp³-hybridized carbons (Fsp3) is 0.111. The molecule has 0 fully saturated rings. The highest BCUT2D eigenvalue weighted by Crippen LogP contribution is 2.18. The Morgan fingerprint density at radius 1 is 1.54 bits per heavy atom. The lowest BCUT2D eigenvalue weighted by Gasteiger charge is -1.94. The molecule has 0 unspecified atom stereocenters. The molecule has 1 heterocycles. The van der Waals surface area contributed by atoms with Crippen LogP contribution in [0.4, 0.5) is 0 Å². The maximum absolute atomic E-state index is 8.65. The van der Waals surface area contributed by atoms with Crippen molar-refractivity contribution in [1.82, 2.24) is 9.97 Å². The number of H-pyrrole nitrogens is 1. The Labute approximate surface area is 83.5 Å². The number of nitriles is 1. The van der Waals surface area contributed by atoms with Gasteiger partial charge >= 0.3 is 0 Å². The predicted octanol–water partition coefficient (Wildman–Crippen LogP) is 2.33. The molecule has 3 nitrogen and oxygen atoms in total. The van der Waals surface area contributed by atoms with Crippen molar-refractivity contribution in [3.63, 3.8) is 0 Å². The lowest BCUT2D eigenvalue weighted by atomic mass is 10.2. The van der Waals surface area contributed by atoms with Crippen molar-refractivity contribution in [2.45, 2.75) is 5.33 Å². The Morgan fingerprint density at radius 3 is 3.08 bits per heavy atom. The summed E-state index contributed by atoms with van der Waals surface area (Å²) < 4.78 is 0. The predicted molar refractivity (Wildman–Crippen MR) is 53.4 cm³/mol. The molecule has 13 heavy (non-hydrogen) atoms. The van der Waals surface area contributed by atoms with Crippen molar-refractivity contribution in [2.75, 3.05) is 0 Å². The number of alkyl halides is 1. The first-order chi connectivity index (χ1) is 6.35. The molecule has 0 aliphatic heterocycles. The molecule has 0 spiro atoms. The third-order valence-corrected chi connectivity index (χ3v) is 2.45. The zero-order valence-electron chi connectivity index (χ0n) is 6.71. The molecule has 1 aromatic carbocycles. The van der Waals surface area contributed by atoms with Crippen LogP contribution in [0.3, 0.4) is 0 Å². The van der Waals surface area contributed by atoms with Crippen molar-refractivity contribution in [3.8, 4) is 6.07 Å². The minimum absolute atomic E-state index is 0.364. The van der Waals surface area contributed by atoms with Gasteiger partial charge in [0.15, 0.2) is 0 Å². The van der Waals surface area contributed by atoms with E-state index in [9.17, 15) is 0 Å². The normalized spacial score (nSPS) is 10.2. The number of hydrogen-bond donors (Lipinski definition) is 1. The molecule has 0 atom stereocenters. The second kappa shape index (κ2) is 3.19. The van der Waals surface area contributed by atoms with Gasteiger partial charge in [0.25, 0.3) is 0 Å². The summed E-state index contributed by atoms with van der Waals surface area (Å²) >= 11 is 3.37. The van der Waals surface area contributed by atoms with E-state index in [2.05, 4.69) is 25.9 Å². The molecule has 1 N–H and O–H groups in total. The minimum Gasteiger partial charge on any atom is -0.329 e. The van der Waals surface area contributed by atoms with Crippen LogP contribution in [-0.4, -0.2) is 9.97 Å². The van der Waals surface area contributed by atoms with E-state index < -0.39 is 0 Å². The van der Waals surface area contributed by atoms with E-state index >= 15 is 0 Å². The van der Waals surface area contributed by atoms with Gasteiger partial charge < -0.3 is 4.98 Å². The Hall–Kier alpha value is -1.34. The van der Waals surface area contributed by atoms with Gasteiger partial charge in [-0.25, -0.2) is 4.98 Å². The van der Waals surface area contributed by atoms with Crippen LogP contribution in [0.2, 0.25) is 0 Å². The minimum atomic E-state index is 0.364. The summed E-state index contributed by atoms with van der Waals surface area (Å²) in [7, 11) is 0. The van der Waals surface area contributed by atoms with Crippen LogP contribution in [-0.2, 0) is 5.33 Å². The fourth-order valence-electron chi connectivity index (χ4n) is 1.25. The van der Waals surface area contributed by atoms with Gasteiger partial charge in [-0.15, -0.1) is 0 Å². The summed E-state index contributed by atoms with van der Waals surface area (Å²) in [6.45, 7) is 0. The fourth-order valence-corrected chi connectivity index (χ4v) is 1.70. The van der Waals surface area contributed by atoms with Gasteiger partial charge in [0.1, 0.15) is 6.07 Å². The number of nitrogens with one attached hydrogen (secondary N) is 1. The average Bonchev–Trinajstić information content (AvgIpc) is 2.59. The van der Waals surface area contributed by atoms with Crippen LogP contribution in [0.1, 0.15) is 11.4 Å². The highest BCUT2D eigenvalue weighted by Gasteiger charge is 2.04. The number of halogens is 1. The summed E-state index contributed by atoms with van der Waals surface area (Å²) in [5.74, 6) is 0.364. The molecular weight excluding hydrogens is 230 g/mol. The molecule has 2 rings (SSSR count). The maximum Gasteiger partial charge on any atom is 0.211 e. The van der Waals surface area contributed by atoms with Gasteiger partial charge in [0.05, 0.1) is 11.0 Å². The van der Waals surface area contributed by atoms with E-state index in [-0.39, 0.29) is 0 Å². The Balaban J connectivity index is 2.76. The molecule has 0 bridgehead atoms. The smallest absolute Gasteiger partial charge is 0.211 e. The van der Waals surface area contributed by atoms with Crippen molar-refractivity contribution in [2.24, 2.45) is 0 Å². The van der Waals surface area contributed by atoms with Gasteiger partial charge in [0.2, 0.25) is 5.82 Å². The van der Waals surface area contributed by atoms with Crippen molar-refractivity contribution >= 4 is 27.0 Å². The van der Waals surface area contributed by atoms with Crippen LogP contribution in [0, 0.1) is 11.3 Å². The van der Waals surface area contributed by atoms with E-state index in [1.807, 2.05) is 24.3 Å². The number of aromatic nitrogens is 2. The Bertz CT molecular complexity index is 481. The molecule has 0 saturated heterocycles. The first-order valence-corrected chi connectivity index (χ1v) is 4.91. The number of rotatable bonds is 1. The van der Waals surface area contributed by atoms with Crippen molar-refractivity contribution < 1.29 is 0 Å². The standard InChI is InChI=1S/C9H6BrN3/c10-4-6-2-1-3-7-9(6)13-8(5-11)12-7/h1-3H,4H2,(H,12,13). The molecule has 64 valence electrons. The lowest BCUT2D eigenvalue weighted by Crippen LogP contribution is -1.79. The maximum atomic E-state index is 8.65. The summed E-state index contributed by atoms with van der Waals surface area (Å²) in [4.78, 5) is 7.08. The van der Waals surface area contributed by atoms with Gasteiger partial charge in [-0.3, -0.25) is 0 Å². The van der Waals surface area contributed by atoms with E-state index in [4.69, 9.17) is 5.26 Å². The largest absolute Gasteiger partial charge is 0.329 e. The van der Waals surface area contributed by atoms with E-state index in [1.165, 1.54) is 0 Å². The van der Waals surface area contributed by atoms with Crippen LogP contribution < -0.4 is 0 Å². The third-order valence-electron chi connectivity index (χ3n) is 1.85. The monoisotopic (exact) mass is 235 g/mol. The first kappa shape index (κ1) is 8.27. The first-order valence-electron chi connectivity index (χ1n) is 3.79. The molecule has 0 radical (unpaired) electrons. The number of benzene rings is 1. The Morgan fingerprint density at radius 2 is 2.38 bits per heavy atom. The summed E-state index contributed by atoms with van der Waals surface area (Å²) in [6.07, 6.45) is 0. The van der Waals surface area contributed by atoms with Crippen LogP contribution >= 0.6 is 15.9 Å². The highest BCUT2D eigenvalue weighted by molar-refractivity contribution is 9.08. The van der Waals surface area contributed by atoms with E-state index in [1.54, 1.807) is 0 Å². The van der Waals surface area contributed by atoms with Gasteiger partial charge in [-0.1, -0.05) is 28.1 Å². The van der Waals surface area contributed by atoms with Gasteiger partial charge in [-0.2, -0.15) is 5.26 Å². The third kappa shape index (κ3) is 1.31. The quantitative estimate of drug-likeness (QED) is 0.772. The topological polar surface area (TPSA) is 52.5 Å². The van der Waals surface area contributed by atoms with Gasteiger partial charge in [0, 0.05) is 5.33 Å². The molecule has 0 amide bonds. The molecule has 0 saturated carbocycles. The highest BCUT2D eigenvalue weighted by atomic mass is 79.9. The summed E-state index contributed by atoms with van der Waals surface area (Å²) in [5, 5.41) is 9.40. The molecule has 0 aliphatic rings. The molecule has 4 heteroatoms. The SMILES string of the molecule is N#Cc1nc2c(CBr)cccc2[nH]1. The van der Waals surface area contributed by atoms with Crippen LogP contribution in [0.25, 0.3) is 11.0 Å². The number of para-hydroxylation sites is 1. The zero-order valence-corrected chi connectivity index (χ0v) is 8.30. The lowest BCUT2D eigenvalue weighted by molar-refractivity contribution is 1.25. The summed E-state index contributed by atoms with van der Waals surface area (Å²) in [5.41, 5.74) is 2.87. The van der Waals surface area contributed by atoms with Crippen LogP contribution in [0.5, 0.6) is 0 Å². The zero-order chi connectivity index (χ0) is 9.26. The molecular formula is C9H6BrN3. The Kier molecular flexibility index (Phi) is 2.03. The number of nitrogens with zero attached hydrogens (tertiary/aromatic N) is 2. The molecule has 2 aromatic rings. The number of fused-ring (bicyclic) bond motifs is 1. The molecule has 1 aromatic heterocycles. The number of aromatic amines is 1. The van der Waals surface area contributed by atoms with Crippen molar-refractivity contribution in [3.05, 3.63) is 29.6 Å². The second-order valence-corrected chi connectivity index (χ2v) is 3.20. The summed E-state index contributed by atoms with van der Waals surface area (Å²) in [6, 6.07) is 7.83. The van der Waals surface area contributed by atoms with Gasteiger partial charge in [-0.05, 0) is 11.6 Å².